The molecule has 0 fully saturated rings. The molecule has 2 aromatic rings. The van der Waals surface area contributed by atoms with Gasteiger partial charge in [0.1, 0.15) is 0 Å². The Bertz CT molecular complexity index is 587. The Labute approximate surface area is 114 Å². The van der Waals surface area contributed by atoms with Crippen LogP contribution in [-0.2, 0) is 11.3 Å². The summed E-state index contributed by atoms with van der Waals surface area (Å²) in [5, 5.41) is 0. The van der Waals surface area contributed by atoms with Crippen LogP contribution in [0.25, 0.3) is 11.0 Å². The molecule has 1 aromatic carbocycles. The van der Waals surface area contributed by atoms with Crippen molar-refractivity contribution in [3.8, 4) is 0 Å². The third-order valence-corrected chi connectivity index (χ3v) is 6.04. The van der Waals surface area contributed by atoms with Gasteiger partial charge in [-0.3, -0.25) is 4.79 Å². The highest BCUT2D eigenvalue weighted by molar-refractivity contribution is 6.77. The van der Waals surface area contributed by atoms with Gasteiger partial charge in [0.05, 0.1) is 25.7 Å². The van der Waals surface area contributed by atoms with E-state index in [0.29, 0.717) is 12.4 Å². The van der Waals surface area contributed by atoms with E-state index in [1.807, 2.05) is 18.2 Å². The van der Waals surface area contributed by atoms with Gasteiger partial charge in [-0.1, -0.05) is 31.8 Å². The fourth-order valence-electron chi connectivity index (χ4n) is 1.75. The van der Waals surface area contributed by atoms with Crippen molar-refractivity contribution in [2.75, 3.05) is 0 Å². The van der Waals surface area contributed by atoms with Crippen LogP contribution in [0.3, 0.4) is 0 Å². The summed E-state index contributed by atoms with van der Waals surface area (Å²) in [7, 11) is -1.29. The van der Waals surface area contributed by atoms with Gasteiger partial charge in [0.25, 0.3) is 0 Å². The maximum absolute atomic E-state index is 10.8. The highest BCUT2D eigenvalue weighted by Gasteiger charge is 2.23. The van der Waals surface area contributed by atoms with Crippen LogP contribution in [0.1, 0.15) is 23.1 Å². The zero-order valence-electron chi connectivity index (χ0n) is 11.9. The molecular formula is C14H20N2O2Si. The van der Waals surface area contributed by atoms with Crippen molar-refractivity contribution in [3.05, 3.63) is 29.6 Å². The van der Waals surface area contributed by atoms with Crippen molar-refractivity contribution in [3.63, 3.8) is 0 Å². The minimum atomic E-state index is -1.29. The van der Waals surface area contributed by atoms with E-state index in [0.717, 1.165) is 22.9 Å². The van der Waals surface area contributed by atoms with Gasteiger partial charge in [0, 0.05) is 11.3 Å². The maximum atomic E-state index is 10.8. The van der Waals surface area contributed by atoms with Gasteiger partial charge < -0.3 is 9.72 Å². The van der Waals surface area contributed by atoms with E-state index in [2.05, 4.69) is 36.5 Å². The van der Waals surface area contributed by atoms with Crippen molar-refractivity contribution < 1.29 is 9.53 Å². The summed E-state index contributed by atoms with van der Waals surface area (Å²) in [6.07, 6.45) is 0.731. The number of imidazole rings is 1. The van der Waals surface area contributed by atoms with Gasteiger partial charge in [-0.2, -0.15) is 0 Å². The molecule has 19 heavy (non-hydrogen) atoms. The highest BCUT2D eigenvalue weighted by atomic mass is 28.3. The summed E-state index contributed by atoms with van der Waals surface area (Å²) in [4.78, 5) is 18.0. The normalized spacial score (nSPS) is 13.7. The average molecular weight is 276 g/mol. The molecule has 0 aliphatic carbocycles. The van der Waals surface area contributed by atoms with Crippen molar-refractivity contribution in [1.29, 1.82) is 0 Å². The smallest absolute Gasteiger partial charge is 0.185 e. The predicted molar refractivity (Wildman–Crippen MR) is 79.1 cm³/mol. The zero-order valence-corrected chi connectivity index (χ0v) is 12.9. The average Bonchev–Trinajstić information content (AvgIpc) is 2.78. The molecule has 1 N–H and O–H groups in total. The van der Waals surface area contributed by atoms with E-state index in [4.69, 9.17) is 4.74 Å². The van der Waals surface area contributed by atoms with E-state index < -0.39 is 8.07 Å². The number of carbonyl (C=O) groups excluding carboxylic acids is 1. The zero-order chi connectivity index (χ0) is 14.0. The van der Waals surface area contributed by atoms with Crippen LogP contribution in [-0.4, -0.2) is 30.1 Å². The second kappa shape index (κ2) is 5.26. The molecule has 2 rings (SSSR count). The van der Waals surface area contributed by atoms with Crippen LogP contribution in [0, 0.1) is 0 Å². The first kappa shape index (κ1) is 14.0. The van der Waals surface area contributed by atoms with Crippen LogP contribution in [0.15, 0.2) is 18.2 Å². The number of aromatic amines is 1. The fraction of sp³-hybridized carbons (Fsp3) is 0.429. The molecular weight excluding hydrogens is 256 g/mol. The molecule has 1 atom stereocenters. The largest absolute Gasteiger partial charge is 0.377 e. The number of ether oxygens (including phenoxy) is 1. The Morgan fingerprint density at radius 3 is 2.79 bits per heavy atom. The van der Waals surface area contributed by atoms with Gasteiger partial charge in [-0.05, 0) is 13.0 Å². The van der Waals surface area contributed by atoms with Crippen LogP contribution < -0.4 is 0 Å². The molecule has 0 amide bonds. The van der Waals surface area contributed by atoms with E-state index in [9.17, 15) is 4.79 Å². The second-order valence-corrected chi connectivity index (χ2v) is 11.4. The molecule has 1 unspecified atom stereocenters. The second-order valence-electron chi connectivity index (χ2n) is 5.87. The minimum absolute atomic E-state index is 0.284. The van der Waals surface area contributed by atoms with E-state index in [1.54, 1.807) is 0 Å². The molecule has 0 saturated carbocycles. The SMILES string of the molecule is CC(OCc1cccc2[nH]c(C=O)nc12)[Si](C)(C)C. The third kappa shape index (κ3) is 3.11. The number of hydrogen-bond donors (Lipinski definition) is 1. The summed E-state index contributed by atoms with van der Waals surface area (Å²) < 4.78 is 5.96. The molecule has 0 aliphatic heterocycles. The lowest BCUT2D eigenvalue weighted by Crippen LogP contribution is -2.37. The van der Waals surface area contributed by atoms with Gasteiger partial charge in [-0.25, -0.2) is 4.98 Å². The Kier molecular flexibility index (Phi) is 3.87. The maximum Gasteiger partial charge on any atom is 0.185 e. The Morgan fingerprint density at radius 1 is 1.42 bits per heavy atom. The number of H-pyrrole nitrogens is 1. The first-order valence-corrected chi connectivity index (χ1v) is 10.0. The Morgan fingerprint density at radius 2 is 2.16 bits per heavy atom. The van der Waals surface area contributed by atoms with Gasteiger partial charge in [-0.15, -0.1) is 0 Å². The van der Waals surface area contributed by atoms with Gasteiger partial charge >= 0.3 is 0 Å². The highest BCUT2D eigenvalue weighted by Crippen LogP contribution is 2.19. The van der Waals surface area contributed by atoms with E-state index in [1.165, 1.54) is 0 Å². The van der Waals surface area contributed by atoms with Crippen molar-refractivity contribution in [1.82, 2.24) is 9.97 Å². The lowest BCUT2D eigenvalue weighted by Gasteiger charge is -2.25. The Hall–Kier alpha value is -1.46. The summed E-state index contributed by atoms with van der Waals surface area (Å²) in [6, 6.07) is 5.86. The van der Waals surface area contributed by atoms with Crippen LogP contribution in [0.2, 0.25) is 19.6 Å². The number of nitrogens with one attached hydrogen (secondary N) is 1. The lowest BCUT2D eigenvalue weighted by molar-refractivity contribution is 0.0985. The standard InChI is InChI=1S/C14H20N2O2Si/c1-10(19(2,3)4)18-9-11-6-5-7-12-14(11)16-13(8-17)15-12/h5-8,10H,9H2,1-4H3,(H,15,16). The summed E-state index contributed by atoms with van der Waals surface area (Å²) in [5.74, 6) is 0.362. The molecule has 0 bridgehead atoms. The number of nitrogens with zero attached hydrogens (tertiary/aromatic N) is 1. The number of benzene rings is 1. The molecule has 4 nitrogen and oxygen atoms in total. The molecule has 1 heterocycles. The minimum Gasteiger partial charge on any atom is -0.377 e. The first-order valence-electron chi connectivity index (χ1n) is 6.46. The van der Waals surface area contributed by atoms with Crippen LogP contribution >= 0.6 is 0 Å². The number of fused-ring (bicyclic) bond motifs is 1. The third-order valence-electron chi connectivity index (χ3n) is 3.43. The molecule has 0 aliphatic rings. The lowest BCUT2D eigenvalue weighted by atomic mass is 10.2. The number of aromatic nitrogens is 2. The monoisotopic (exact) mass is 276 g/mol. The summed E-state index contributed by atoms with van der Waals surface area (Å²) >= 11 is 0. The molecule has 1 aromatic heterocycles. The molecule has 0 radical (unpaired) electrons. The van der Waals surface area contributed by atoms with Crippen LogP contribution in [0.5, 0.6) is 0 Å². The molecule has 5 heteroatoms. The van der Waals surface area contributed by atoms with Crippen molar-refractivity contribution in [2.24, 2.45) is 0 Å². The van der Waals surface area contributed by atoms with Gasteiger partial charge in [0.2, 0.25) is 0 Å². The summed E-state index contributed by atoms with van der Waals surface area (Å²) in [5.41, 5.74) is 3.01. The van der Waals surface area contributed by atoms with Crippen LogP contribution in [0.4, 0.5) is 0 Å². The molecule has 0 spiro atoms. The first-order chi connectivity index (χ1) is 8.91. The predicted octanol–water partition coefficient (Wildman–Crippen LogP) is 3.16. The van der Waals surface area contributed by atoms with Gasteiger partial charge in [0.15, 0.2) is 12.1 Å². The number of rotatable bonds is 5. The fourth-order valence-corrected chi connectivity index (χ4v) is 2.33. The number of carbonyl (C=O) groups is 1. The number of aldehydes is 1. The van der Waals surface area contributed by atoms with Crippen molar-refractivity contribution in [2.45, 2.75) is 38.9 Å². The van der Waals surface area contributed by atoms with E-state index in [-0.39, 0.29) is 5.73 Å². The number of hydrogen-bond acceptors (Lipinski definition) is 3. The molecule has 0 saturated heterocycles. The molecule has 102 valence electrons. The Balaban J connectivity index is 2.21. The topological polar surface area (TPSA) is 55.0 Å². The van der Waals surface area contributed by atoms with E-state index >= 15 is 0 Å². The van der Waals surface area contributed by atoms with Crippen molar-refractivity contribution >= 4 is 25.4 Å². The number of para-hydroxylation sites is 1. The quantitative estimate of drug-likeness (QED) is 0.674. The summed E-state index contributed by atoms with van der Waals surface area (Å²) in [6.45, 7) is 9.53.